The van der Waals surface area contributed by atoms with E-state index >= 15 is 0 Å². The number of aromatic hydroxyl groups is 2. The van der Waals surface area contributed by atoms with Crippen molar-refractivity contribution < 1.29 is 10.2 Å². The quantitative estimate of drug-likeness (QED) is 0.681. The first-order valence-electron chi connectivity index (χ1n) is 4.87. The SMILES string of the molecule is CCc1cc(CCNC)c(O)cc1O. The van der Waals surface area contributed by atoms with Crippen molar-refractivity contribution in [2.75, 3.05) is 13.6 Å². The molecule has 1 aromatic carbocycles. The minimum absolute atomic E-state index is 0.176. The summed E-state index contributed by atoms with van der Waals surface area (Å²) >= 11 is 0. The molecule has 3 N–H and O–H groups in total. The minimum atomic E-state index is 0.176. The third-order valence-electron chi connectivity index (χ3n) is 2.31. The molecule has 0 fully saturated rings. The van der Waals surface area contributed by atoms with Crippen molar-refractivity contribution in [2.24, 2.45) is 0 Å². The maximum Gasteiger partial charge on any atom is 0.122 e. The molecule has 3 nitrogen and oxygen atoms in total. The Hall–Kier alpha value is -1.22. The van der Waals surface area contributed by atoms with Crippen molar-refractivity contribution in [1.29, 1.82) is 0 Å². The maximum absolute atomic E-state index is 9.55. The van der Waals surface area contributed by atoms with Gasteiger partial charge in [0.1, 0.15) is 11.5 Å². The van der Waals surface area contributed by atoms with Crippen molar-refractivity contribution in [3.05, 3.63) is 23.3 Å². The highest BCUT2D eigenvalue weighted by atomic mass is 16.3. The smallest absolute Gasteiger partial charge is 0.122 e. The zero-order chi connectivity index (χ0) is 10.6. The fraction of sp³-hybridized carbons (Fsp3) is 0.455. The molecule has 0 aliphatic carbocycles. The Kier molecular flexibility index (Phi) is 3.77. The van der Waals surface area contributed by atoms with Gasteiger partial charge >= 0.3 is 0 Å². The second-order valence-electron chi connectivity index (χ2n) is 3.32. The van der Waals surface area contributed by atoms with Gasteiger partial charge in [-0.05, 0) is 43.6 Å². The van der Waals surface area contributed by atoms with Crippen molar-refractivity contribution >= 4 is 0 Å². The Morgan fingerprint density at radius 1 is 1.14 bits per heavy atom. The molecule has 78 valence electrons. The summed E-state index contributed by atoms with van der Waals surface area (Å²) in [6, 6.07) is 3.28. The molecule has 0 aliphatic rings. The van der Waals surface area contributed by atoms with Crippen LogP contribution in [-0.2, 0) is 12.8 Å². The van der Waals surface area contributed by atoms with Gasteiger partial charge in [-0.15, -0.1) is 0 Å². The first kappa shape index (κ1) is 10.9. The molecule has 3 heteroatoms. The fourth-order valence-electron chi connectivity index (χ4n) is 1.42. The first-order chi connectivity index (χ1) is 6.69. The average Bonchev–Trinajstić information content (AvgIpc) is 2.17. The fourth-order valence-corrected chi connectivity index (χ4v) is 1.42. The molecule has 0 heterocycles. The van der Waals surface area contributed by atoms with Crippen LogP contribution in [0.2, 0.25) is 0 Å². The van der Waals surface area contributed by atoms with Crippen molar-refractivity contribution in [1.82, 2.24) is 5.32 Å². The van der Waals surface area contributed by atoms with Gasteiger partial charge in [-0.25, -0.2) is 0 Å². The number of likely N-dealkylation sites (N-methyl/N-ethyl adjacent to an activating group) is 1. The van der Waals surface area contributed by atoms with Crippen LogP contribution in [-0.4, -0.2) is 23.8 Å². The van der Waals surface area contributed by atoms with Gasteiger partial charge in [-0.3, -0.25) is 0 Å². The number of nitrogens with one attached hydrogen (secondary N) is 1. The third-order valence-corrected chi connectivity index (χ3v) is 2.31. The number of phenolic OH excluding ortho intramolecular Hbond substituents is 2. The standard InChI is InChI=1S/C11H17NO2/c1-3-8-6-9(4-5-12-2)11(14)7-10(8)13/h6-7,12-14H,3-5H2,1-2H3. The number of phenols is 2. The largest absolute Gasteiger partial charge is 0.508 e. The Morgan fingerprint density at radius 2 is 1.79 bits per heavy atom. The molecule has 0 atom stereocenters. The molecule has 0 saturated heterocycles. The zero-order valence-electron chi connectivity index (χ0n) is 8.67. The van der Waals surface area contributed by atoms with Crippen LogP contribution >= 0.6 is 0 Å². The van der Waals surface area contributed by atoms with Crippen molar-refractivity contribution in [3.8, 4) is 11.5 Å². The molecule has 0 unspecified atom stereocenters. The van der Waals surface area contributed by atoms with E-state index in [1.807, 2.05) is 20.0 Å². The van der Waals surface area contributed by atoms with Crippen LogP contribution in [0.15, 0.2) is 12.1 Å². The Bertz CT molecular complexity index is 310. The highest BCUT2D eigenvalue weighted by molar-refractivity contribution is 5.45. The molecule has 0 aliphatic heterocycles. The van der Waals surface area contributed by atoms with E-state index in [-0.39, 0.29) is 11.5 Å². The topological polar surface area (TPSA) is 52.5 Å². The molecular weight excluding hydrogens is 178 g/mol. The van der Waals surface area contributed by atoms with Crippen LogP contribution in [0.3, 0.4) is 0 Å². The predicted octanol–water partition coefficient (Wildman–Crippen LogP) is 1.42. The summed E-state index contributed by atoms with van der Waals surface area (Å²) in [5.41, 5.74) is 1.77. The average molecular weight is 195 g/mol. The van der Waals surface area contributed by atoms with Crippen molar-refractivity contribution in [2.45, 2.75) is 19.8 Å². The predicted molar refractivity (Wildman–Crippen MR) is 56.8 cm³/mol. The van der Waals surface area contributed by atoms with Gasteiger partial charge in [0, 0.05) is 6.07 Å². The summed E-state index contributed by atoms with van der Waals surface area (Å²) in [6.07, 6.45) is 1.55. The van der Waals surface area contributed by atoms with Crippen LogP contribution in [0.1, 0.15) is 18.1 Å². The summed E-state index contributed by atoms with van der Waals surface area (Å²) in [7, 11) is 1.87. The van der Waals surface area contributed by atoms with E-state index in [2.05, 4.69) is 5.32 Å². The molecule has 1 rings (SSSR count). The lowest BCUT2D eigenvalue weighted by Gasteiger charge is -2.08. The van der Waals surface area contributed by atoms with Gasteiger partial charge in [-0.1, -0.05) is 6.92 Å². The molecular formula is C11H17NO2. The summed E-state index contributed by atoms with van der Waals surface area (Å²) in [4.78, 5) is 0. The van der Waals surface area contributed by atoms with Crippen LogP contribution in [0.25, 0.3) is 0 Å². The van der Waals surface area contributed by atoms with Gasteiger partial charge in [-0.2, -0.15) is 0 Å². The lowest BCUT2D eigenvalue weighted by atomic mass is 10.0. The first-order valence-corrected chi connectivity index (χ1v) is 4.87. The molecule has 0 bridgehead atoms. The molecule has 14 heavy (non-hydrogen) atoms. The van der Waals surface area contributed by atoms with Gasteiger partial charge < -0.3 is 15.5 Å². The Balaban J connectivity index is 2.92. The Morgan fingerprint density at radius 3 is 2.36 bits per heavy atom. The van der Waals surface area contributed by atoms with E-state index in [1.165, 1.54) is 6.07 Å². The summed E-state index contributed by atoms with van der Waals surface area (Å²) in [5, 5.41) is 22.0. The second kappa shape index (κ2) is 4.86. The van der Waals surface area contributed by atoms with E-state index < -0.39 is 0 Å². The normalized spacial score (nSPS) is 10.4. The molecule has 0 saturated carbocycles. The van der Waals surface area contributed by atoms with Gasteiger partial charge in [0.25, 0.3) is 0 Å². The number of benzene rings is 1. The highest BCUT2D eigenvalue weighted by Gasteiger charge is 2.06. The van der Waals surface area contributed by atoms with Crippen molar-refractivity contribution in [3.63, 3.8) is 0 Å². The van der Waals surface area contributed by atoms with Crippen LogP contribution in [0.5, 0.6) is 11.5 Å². The molecule has 0 aromatic heterocycles. The van der Waals surface area contributed by atoms with E-state index in [4.69, 9.17) is 0 Å². The van der Waals surface area contributed by atoms with E-state index in [9.17, 15) is 10.2 Å². The van der Waals surface area contributed by atoms with Gasteiger partial charge in [0.05, 0.1) is 0 Å². The molecule has 0 spiro atoms. The molecule has 0 amide bonds. The Labute approximate surface area is 84.4 Å². The third kappa shape index (κ3) is 2.39. The molecule has 0 radical (unpaired) electrons. The summed E-state index contributed by atoms with van der Waals surface area (Å²) < 4.78 is 0. The van der Waals surface area contributed by atoms with E-state index in [1.54, 1.807) is 0 Å². The second-order valence-corrected chi connectivity index (χ2v) is 3.32. The number of aryl methyl sites for hydroxylation is 1. The van der Waals surface area contributed by atoms with Crippen LogP contribution in [0.4, 0.5) is 0 Å². The zero-order valence-corrected chi connectivity index (χ0v) is 8.67. The van der Waals surface area contributed by atoms with Gasteiger partial charge in [0.15, 0.2) is 0 Å². The van der Waals surface area contributed by atoms with E-state index in [0.29, 0.717) is 0 Å². The van der Waals surface area contributed by atoms with Crippen LogP contribution in [0, 0.1) is 0 Å². The number of hydrogen-bond acceptors (Lipinski definition) is 3. The maximum atomic E-state index is 9.55. The van der Waals surface area contributed by atoms with Crippen LogP contribution < -0.4 is 5.32 Å². The van der Waals surface area contributed by atoms with E-state index in [0.717, 1.165) is 30.5 Å². The highest BCUT2D eigenvalue weighted by Crippen LogP contribution is 2.27. The molecule has 1 aromatic rings. The minimum Gasteiger partial charge on any atom is -0.508 e. The number of hydrogen-bond donors (Lipinski definition) is 3. The summed E-state index contributed by atoms with van der Waals surface area (Å²) in [5.74, 6) is 0.355. The monoisotopic (exact) mass is 195 g/mol. The lowest BCUT2D eigenvalue weighted by molar-refractivity contribution is 0.441. The van der Waals surface area contributed by atoms with Gasteiger partial charge in [0.2, 0.25) is 0 Å². The number of rotatable bonds is 4. The summed E-state index contributed by atoms with van der Waals surface area (Å²) in [6.45, 7) is 2.80. The lowest BCUT2D eigenvalue weighted by Crippen LogP contribution is -2.10.